The molecule has 1 aromatic rings. The van der Waals surface area contributed by atoms with Gasteiger partial charge in [0, 0.05) is 6.20 Å². The van der Waals surface area contributed by atoms with Crippen LogP contribution in [0.15, 0.2) is 47.6 Å². The Balaban J connectivity index is 2.16. The first kappa shape index (κ1) is 15.3. The number of hydrogen-bond donors (Lipinski definition) is 1. The molecule has 0 saturated heterocycles. The molecule has 0 amide bonds. The summed E-state index contributed by atoms with van der Waals surface area (Å²) < 4.78 is 10.6. The molecule has 0 fully saturated rings. The molecular weight excluding hydrogens is 290 g/mol. The molecule has 1 unspecified atom stereocenters. The smallest absolute Gasteiger partial charge is 0.430 e. The Labute approximate surface area is 127 Å². The number of rotatable bonds is 3. The summed E-state index contributed by atoms with van der Waals surface area (Å²) in [5.74, 6) is 0.470. The third-order valence-electron chi connectivity index (χ3n) is 2.95. The molecule has 7 heteroatoms. The summed E-state index contributed by atoms with van der Waals surface area (Å²) in [5, 5.41) is 18.2. The Morgan fingerprint density at radius 2 is 2.43 bits per heavy atom. The van der Waals surface area contributed by atoms with Crippen LogP contribution in [0.5, 0.6) is 5.75 Å². The Morgan fingerprint density at radius 1 is 1.67 bits per heavy atom. The maximum absolute atomic E-state index is 9.66. The van der Waals surface area contributed by atoms with Crippen molar-refractivity contribution in [1.29, 1.82) is 5.26 Å². The number of halogens is 1. The highest BCUT2D eigenvalue weighted by atomic mass is 35.5. The molecule has 0 radical (unpaired) electrons. The van der Waals surface area contributed by atoms with Crippen LogP contribution in [0.1, 0.15) is 18.6 Å². The van der Waals surface area contributed by atoms with E-state index in [4.69, 9.17) is 26.3 Å². The van der Waals surface area contributed by atoms with Crippen LogP contribution in [-0.2, 0) is 4.65 Å². The lowest BCUT2D eigenvalue weighted by atomic mass is 9.79. The number of fused-ring (bicyclic) bond motifs is 1. The minimum atomic E-state index is -0.915. The van der Waals surface area contributed by atoms with Gasteiger partial charge in [-0.25, -0.2) is 4.99 Å². The van der Waals surface area contributed by atoms with Gasteiger partial charge in [-0.1, -0.05) is 18.7 Å². The maximum atomic E-state index is 9.66. The van der Waals surface area contributed by atoms with Crippen molar-refractivity contribution in [2.75, 3.05) is 0 Å². The van der Waals surface area contributed by atoms with Crippen molar-refractivity contribution < 1.29 is 14.4 Å². The lowest BCUT2D eigenvalue weighted by Crippen LogP contribution is -2.27. The molecule has 0 aliphatic carbocycles. The largest absolute Gasteiger partial charge is 0.491 e. The Bertz CT molecular complexity index is 667. The summed E-state index contributed by atoms with van der Waals surface area (Å²) in [7, 11) is -0.915. The highest BCUT2D eigenvalue weighted by Crippen LogP contribution is 2.26. The number of hydrogen-bond acceptors (Lipinski definition) is 5. The van der Waals surface area contributed by atoms with Gasteiger partial charge in [-0.15, -0.1) is 0 Å². The number of allylic oxidation sites excluding steroid dienone is 2. The zero-order valence-corrected chi connectivity index (χ0v) is 12.0. The van der Waals surface area contributed by atoms with Gasteiger partial charge in [-0.05, 0) is 41.7 Å². The van der Waals surface area contributed by atoms with E-state index in [1.165, 1.54) is 12.3 Å². The second-order valence-electron chi connectivity index (χ2n) is 4.31. The monoisotopic (exact) mass is 302 g/mol. The average Bonchev–Trinajstić information content (AvgIpc) is 2.75. The zero-order chi connectivity index (χ0) is 15.4. The SMILES string of the molecule is C=C/C(C#N)=C\N=C(Cl)Oc1ccc2c(c1)C(C)OB2O. The first-order valence-corrected chi connectivity index (χ1v) is 6.54. The average molecular weight is 303 g/mol. The van der Waals surface area contributed by atoms with Crippen molar-refractivity contribution in [2.45, 2.75) is 13.0 Å². The standard InChI is InChI=1S/C14H12BClN2O3/c1-3-10(7-17)8-18-14(16)20-11-4-5-13-12(6-11)9(2)21-15(13)19/h3-6,8-9,19H,1H2,2H3/b10-8+,18-14?. The van der Waals surface area contributed by atoms with E-state index in [0.29, 0.717) is 11.2 Å². The van der Waals surface area contributed by atoms with Crippen LogP contribution in [0, 0.1) is 11.3 Å². The number of ether oxygens (including phenoxy) is 1. The second-order valence-corrected chi connectivity index (χ2v) is 4.63. The Kier molecular flexibility index (Phi) is 4.81. The number of nitrogens with zero attached hydrogens (tertiary/aromatic N) is 2. The normalized spacial score (nSPS) is 18.2. The number of aliphatic imine (C=N–C) groups is 1. The summed E-state index contributed by atoms with van der Waals surface area (Å²) in [6, 6.07) is 6.99. The fraction of sp³-hybridized carbons (Fsp3) is 0.143. The summed E-state index contributed by atoms with van der Waals surface area (Å²) in [6.45, 7) is 5.30. The molecule has 2 rings (SSSR count). The minimum Gasteiger partial charge on any atom is -0.430 e. The molecule has 1 heterocycles. The quantitative estimate of drug-likeness (QED) is 0.305. The molecule has 0 bridgehead atoms. The lowest BCUT2D eigenvalue weighted by Gasteiger charge is -2.07. The van der Waals surface area contributed by atoms with Gasteiger partial charge in [0.1, 0.15) is 11.8 Å². The second kappa shape index (κ2) is 6.59. The van der Waals surface area contributed by atoms with Gasteiger partial charge in [-0.3, -0.25) is 0 Å². The molecule has 21 heavy (non-hydrogen) atoms. The molecule has 1 aliphatic rings. The van der Waals surface area contributed by atoms with Crippen LogP contribution in [-0.4, -0.2) is 17.5 Å². The number of benzene rings is 1. The van der Waals surface area contributed by atoms with Crippen LogP contribution < -0.4 is 10.2 Å². The predicted molar refractivity (Wildman–Crippen MR) is 81.4 cm³/mol. The first-order valence-electron chi connectivity index (χ1n) is 6.16. The molecule has 0 spiro atoms. The predicted octanol–water partition coefficient (Wildman–Crippen LogP) is 2.03. The maximum Gasteiger partial charge on any atom is 0.491 e. The fourth-order valence-corrected chi connectivity index (χ4v) is 2.04. The van der Waals surface area contributed by atoms with Crippen LogP contribution in [0.4, 0.5) is 0 Å². The van der Waals surface area contributed by atoms with E-state index in [1.807, 2.05) is 13.0 Å². The van der Waals surface area contributed by atoms with Gasteiger partial charge < -0.3 is 14.4 Å². The van der Waals surface area contributed by atoms with Crippen molar-refractivity contribution >= 4 is 29.5 Å². The molecule has 1 atom stereocenters. The van der Waals surface area contributed by atoms with Gasteiger partial charge in [0.25, 0.3) is 5.36 Å². The highest BCUT2D eigenvalue weighted by molar-refractivity contribution is 6.63. The zero-order valence-electron chi connectivity index (χ0n) is 11.3. The lowest BCUT2D eigenvalue weighted by molar-refractivity contribution is 0.209. The van der Waals surface area contributed by atoms with E-state index < -0.39 is 7.12 Å². The van der Waals surface area contributed by atoms with E-state index in [-0.39, 0.29) is 17.0 Å². The molecule has 0 aromatic heterocycles. The van der Waals surface area contributed by atoms with Crippen molar-refractivity contribution in [1.82, 2.24) is 0 Å². The molecule has 1 aliphatic heterocycles. The van der Waals surface area contributed by atoms with Gasteiger partial charge in [-0.2, -0.15) is 5.26 Å². The van der Waals surface area contributed by atoms with Crippen LogP contribution in [0.3, 0.4) is 0 Å². The fourth-order valence-electron chi connectivity index (χ4n) is 1.90. The number of nitriles is 1. The third-order valence-corrected chi connectivity index (χ3v) is 3.13. The Morgan fingerprint density at radius 3 is 3.10 bits per heavy atom. The summed E-state index contributed by atoms with van der Waals surface area (Å²) in [5.41, 5.74) is 1.82. The van der Waals surface area contributed by atoms with Crippen molar-refractivity contribution in [3.8, 4) is 11.8 Å². The van der Waals surface area contributed by atoms with Crippen molar-refractivity contribution in [3.63, 3.8) is 0 Å². The Hall–Kier alpha value is -2.07. The molecule has 1 N–H and O–H groups in total. The first-order chi connectivity index (χ1) is 10.0. The van der Waals surface area contributed by atoms with Gasteiger partial charge in [0.2, 0.25) is 0 Å². The summed E-state index contributed by atoms with van der Waals surface area (Å²) >= 11 is 5.85. The molecule has 106 valence electrons. The van der Waals surface area contributed by atoms with E-state index in [0.717, 1.165) is 5.56 Å². The van der Waals surface area contributed by atoms with Gasteiger partial charge in [0.15, 0.2) is 0 Å². The highest BCUT2D eigenvalue weighted by Gasteiger charge is 2.32. The van der Waals surface area contributed by atoms with E-state index >= 15 is 0 Å². The molecule has 5 nitrogen and oxygen atoms in total. The topological polar surface area (TPSA) is 74.8 Å². The van der Waals surface area contributed by atoms with Crippen LogP contribution >= 0.6 is 11.6 Å². The van der Waals surface area contributed by atoms with Crippen molar-refractivity contribution in [3.05, 3.63) is 48.2 Å². The van der Waals surface area contributed by atoms with Crippen LogP contribution in [0.2, 0.25) is 0 Å². The van der Waals surface area contributed by atoms with E-state index in [1.54, 1.807) is 18.2 Å². The van der Waals surface area contributed by atoms with Gasteiger partial charge in [0.05, 0.1) is 11.7 Å². The van der Waals surface area contributed by atoms with E-state index in [9.17, 15) is 5.02 Å². The minimum absolute atomic E-state index is 0.128. The summed E-state index contributed by atoms with van der Waals surface area (Å²) in [6.07, 6.45) is 2.40. The van der Waals surface area contributed by atoms with Crippen molar-refractivity contribution in [2.24, 2.45) is 4.99 Å². The molecular formula is C14H12BClN2O3. The van der Waals surface area contributed by atoms with Crippen LogP contribution in [0.25, 0.3) is 0 Å². The molecule has 1 aromatic carbocycles. The third kappa shape index (κ3) is 3.53. The molecule has 0 saturated carbocycles. The van der Waals surface area contributed by atoms with Gasteiger partial charge >= 0.3 is 7.12 Å². The summed E-state index contributed by atoms with van der Waals surface area (Å²) in [4.78, 5) is 3.81. The van der Waals surface area contributed by atoms with E-state index in [2.05, 4.69) is 11.6 Å².